The van der Waals surface area contributed by atoms with Gasteiger partial charge in [-0.2, -0.15) is 5.10 Å². The van der Waals surface area contributed by atoms with Crippen LogP contribution in [0.15, 0.2) is 35.7 Å². The van der Waals surface area contributed by atoms with Gasteiger partial charge >= 0.3 is 5.69 Å². The van der Waals surface area contributed by atoms with Crippen molar-refractivity contribution in [3.8, 4) is 10.6 Å². The zero-order valence-electron chi connectivity index (χ0n) is 12.2. The molecule has 0 saturated heterocycles. The Morgan fingerprint density at radius 3 is 2.64 bits per heavy atom. The summed E-state index contributed by atoms with van der Waals surface area (Å²) in [5.41, 5.74) is 2.98. The summed E-state index contributed by atoms with van der Waals surface area (Å²) in [7, 11) is 0. The van der Waals surface area contributed by atoms with E-state index in [1.54, 1.807) is 29.9 Å². The fraction of sp³-hybridized carbons (Fsp3) is 0.200. The Morgan fingerprint density at radius 2 is 2.00 bits per heavy atom. The van der Waals surface area contributed by atoms with Gasteiger partial charge in [-0.15, -0.1) is 11.3 Å². The average Bonchev–Trinajstić information content (AvgIpc) is 3.06. The molecule has 22 heavy (non-hydrogen) atoms. The largest absolute Gasteiger partial charge is 0.312 e. The third-order valence-corrected chi connectivity index (χ3v) is 4.35. The van der Waals surface area contributed by atoms with Gasteiger partial charge in [0.05, 0.1) is 17.2 Å². The molecule has 0 spiro atoms. The number of rotatable bonds is 4. The Balaban J connectivity index is 1.88. The van der Waals surface area contributed by atoms with E-state index >= 15 is 0 Å². The third kappa shape index (κ3) is 2.62. The molecule has 0 aliphatic carbocycles. The van der Waals surface area contributed by atoms with Crippen LogP contribution in [0.4, 0.5) is 5.69 Å². The van der Waals surface area contributed by atoms with Gasteiger partial charge in [-0.1, -0.05) is 30.3 Å². The first-order valence-electron chi connectivity index (χ1n) is 6.74. The lowest BCUT2D eigenvalue weighted by Crippen LogP contribution is -2.04. The number of nitrogens with zero attached hydrogens (tertiary/aromatic N) is 4. The minimum atomic E-state index is -0.384. The number of aryl methyl sites for hydroxylation is 1. The van der Waals surface area contributed by atoms with E-state index in [1.165, 1.54) is 0 Å². The topological polar surface area (TPSA) is 73.8 Å². The van der Waals surface area contributed by atoms with Crippen molar-refractivity contribution in [2.45, 2.75) is 20.4 Å². The van der Waals surface area contributed by atoms with Crippen molar-refractivity contribution in [1.82, 2.24) is 14.8 Å². The van der Waals surface area contributed by atoms with E-state index in [9.17, 15) is 10.1 Å². The highest BCUT2D eigenvalue weighted by Gasteiger charge is 2.22. The number of thiazole rings is 1. The highest BCUT2D eigenvalue weighted by molar-refractivity contribution is 7.13. The van der Waals surface area contributed by atoms with E-state index in [2.05, 4.69) is 10.1 Å². The molecule has 3 rings (SSSR count). The zero-order chi connectivity index (χ0) is 15.7. The van der Waals surface area contributed by atoms with Gasteiger partial charge in [-0.25, -0.2) is 4.98 Å². The monoisotopic (exact) mass is 314 g/mol. The van der Waals surface area contributed by atoms with Crippen LogP contribution in [0, 0.1) is 24.0 Å². The van der Waals surface area contributed by atoms with Crippen molar-refractivity contribution in [3.63, 3.8) is 0 Å². The molecular weight excluding hydrogens is 300 g/mol. The molecule has 7 heteroatoms. The fourth-order valence-corrected chi connectivity index (χ4v) is 3.17. The molecule has 0 bridgehead atoms. The molecule has 0 amide bonds. The summed E-state index contributed by atoms with van der Waals surface area (Å²) >= 11 is 1.56. The van der Waals surface area contributed by atoms with Gasteiger partial charge in [0.1, 0.15) is 16.4 Å². The van der Waals surface area contributed by atoms with Crippen LogP contribution in [0.2, 0.25) is 0 Å². The van der Waals surface area contributed by atoms with Crippen molar-refractivity contribution >= 4 is 17.0 Å². The molecule has 2 aromatic heterocycles. The SMILES string of the molecule is Cc1nn(Cc2csc(-c3ccccc3)n2)c(C)c1[N+](=O)[O-]. The van der Waals surface area contributed by atoms with Crippen LogP contribution in [-0.4, -0.2) is 19.7 Å². The quantitative estimate of drug-likeness (QED) is 0.545. The molecule has 0 fully saturated rings. The van der Waals surface area contributed by atoms with Gasteiger partial charge in [-0.05, 0) is 13.8 Å². The van der Waals surface area contributed by atoms with Gasteiger partial charge < -0.3 is 0 Å². The molecule has 112 valence electrons. The van der Waals surface area contributed by atoms with Gasteiger partial charge in [0.25, 0.3) is 0 Å². The third-order valence-electron chi connectivity index (χ3n) is 3.41. The Labute approximate surface area is 131 Å². The summed E-state index contributed by atoms with van der Waals surface area (Å²) in [4.78, 5) is 15.2. The highest BCUT2D eigenvalue weighted by atomic mass is 32.1. The zero-order valence-corrected chi connectivity index (χ0v) is 13.0. The minimum Gasteiger partial charge on any atom is -0.258 e. The molecule has 3 aromatic rings. The maximum atomic E-state index is 11.0. The van der Waals surface area contributed by atoms with E-state index in [0.717, 1.165) is 16.3 Å². The molecule has 0 N–H and O–H groups in total. The number of hydrogen-bond acceptors (Lipinski definition) is 5. The summed E-state index contributed by atoms with van der Waals surface area (Å²) in [6, 6.07) is 9.93. The molecule has 0 radical (unpaired) electrons. The molecule has 0 aliphatic heterocycles. The van der Waals surface area contributed by atoms with Crippen LogP contribution in [-0.2, 0) is 6.54 Å². The van der Waals surface area contributed by atoms with Gasteiger partial charge in [0.2, 0.25) is 0 Å². The van der Waals surface area contributed by atoms with Crippen molar-refractivity contribution in [3.05, 3.63) is 62.9 Å². The number of nitro groups is 1. The van der Waals surface area contributed by atoms with Gasteiger partial charge in [0, 0.05) is 10.9 Å². The summed E-state index contributed by atoms with van der Waals surface area (Å²) < 4.78 is 1.64. The smallest absolute Gasteiger partial charge is 0.258 e. The fourth-order valence-electron chi connectivity index (χ4n) is 2.35. The van der Waals surface area contributed by atoms with Crippen LogP contribution < -0.4 is 0 Å². The first-order chi connectivity index (χ1) is 10.6. The van der Waals surface area contributed by atoms with Crippen molar-refractivity contribution in [2.75, 3.05) is 0 Å². The van der Waals surface area contributed by atoms with Gasteiger partial charge in [0.15, 0.2) is 0 Å². The maximum Gasteiger partial charge on any atom is 0.312 e. The Kier molecular flexibility index (Phi) is 3.72. The first-order valence-corrected chi connectivity index (χ1v) is 7.62. The van der Waals surface area contributed by atoms with Crippen molar-refractivity contribution < 1.29 is 4.92 Å². The Bertz CT molecular complexity index is 823. The Hall–Kier alpha value is -2.54. The molecule has 0 aliphatic rings. The average molecular weight is 314 g/mol. The lowest BCUT2D eigenvalue weighted by Gasteiger charge is -2.00. The molecule has 1 aromatic carbocycles. The van der Waals surface area contributed by atoms with E-state index in [-0.39, 0.29) is 10.6 Å². The van der Waals surface area contributed by atoms with E-state index in [0.29, 0.717) is 17.9 Å². The van der Waals surface area contributed by atoms with Crippen LogP contribution in [0.1, 0.15) is 17.1 Å². The standard InChI is InChI=1S/C15H14N4O2S/c1-10-14(19(20)21)11(2)18(17-10)8-13-9-22-15(16-13)12-6-4-3-5-7-12/h3-7,9H,8H2,1-2H3. The molecule has 0 atom stereocenters. The van der Waals surface area contributed by atoms with Crippen molar-refractivity contribution in [1.29, 1.82) is 0 Å². The predicted octanol–water partition coefficient (Wildman–Crippen LogP) is 3.58. The van der Waals surface area contributed by atoms with Crippen LogP contribution in [0.25, 0.3) is 10.6 Å². The summed E-state index contributed by atoms with van der Waals surface area (Å²) in [6.07, 6.45) is 0. The lowest BCUT2D eigenvalue weighted by atomic mass is 10.2. The lowest BCUT2D eigenvalue weighted by molar-refractivity contribution is -0.386. The molecular formula is C15H14N4O2S. The second-order valence-electron chi connectivity index (χ2n) is 4.94. The van der Waals surface area contributed by atoms with Gasteiger partial charge in [-0.3, -0.25) is 14.8 Å². The Morgan fingerprint density at radius 1 is 1.27 bits per heavy atom. The van der Waals surface area contributed by atoms with Crippen molar-refractivity contribution in [2.24, 2.45) is 0 Å². The summed E-state index contributed by atoms with van der Waals surface area (Å²) in [5, 5.41) is 18.2. The molecule has 6 nitrogen and oxygen atoms in total. The highest BCUT2D eigenvalue weighted by Crippen LogP contribution is 2.26. The normalized spacial score (nSPS) is 10.8. The second kappa shape index (κ2) is 5.69. The maximum absolute atomic E-state index is 11.0. The van der Waals surface area contributed by atoms with Crippen LogP contribution in [0.3, 0.4) is 0 Å². The van der Waals surface area contributed by atoms with E-state index in [1.807, 2.05) is 35.7 Å². The summed E-state index contributed by atoms with van der Waals surface area (Å²) in [5.74, 6) is 0. The van der Waals surface area contributed by atoms with Crippen LogP contribution >= 0.6 is 11.3 Å². The molecule has 0 saturated carbocycles. The second-order valence-corrected chi connectivity index (χ2v) is 5.80. The predicted molar refractivity (Wildman–Crippen MR) is 85.0 cm³/mol. The first kappa shape index (κ1) is 14.4. The minimum absolute atomic E-state index is 0.0820. The number of aromatic nitrogens is 3. The van der Waals surface area contributed by atoms with E-state index in [4.69, 9.17) is 0 Å². The number of benzene rings is 1. The molecule has 2 heterocycles. The summed E-state index contributed by atoms with van der Waals surface area (Å²) in [6.45, 7) is 3.80. The van der Waals surface area contributed by atoms with E-state index < -0.39 is 0 Å². The molecule has 0 unspecified atom stereocenters. The number of hydrogen-bond donors (Lipinski definition) is 0. The van der Waals surface area contributed by atoms with Crippen LogP contribution in [0.5, 0.6) is 0 Å².